The van der Waals surface area contributed by atoms with Gasteiger partial charge < -0.3 is 9.84 Å². The van der Waals surface area contributed by atoms with E-state index in [0.29, 0.717) is 17.1 Å². The van der Waals surface area contributed by atoms with Crippen molar-refractivity contribution < 1.29 is 4.52 Å². The molecule has 0 radical (unpaired) electrons. The van der Waals surface area contributed by atoms with E-state index in [1.807, 2.05) is 18.7 Å². The van der Waals surface area contributed by atoms with E-state index in [0.717, 1.165) is 24.7 Å². The number of hydrogen-bond acceptors (Lipinski definition) is 6. The summed E-state index contributed by atoms with van der Waals surface area (Å²) >= 11 is 1.88. The summed E-state index contributed by atoms with van der Waals surface area (Å²) in [6.07, 6.45) is 7.65. The standard InChI is InChI=1S/C14H22N4OS/c1-11-17-12(19-18-11)5-8-15-13-16-9-14(10-20-13)6-3-2-4-7-14/h2-10H2,1H3,(H,15,16). The lowest BCUT2D eigenvalue weighted by atomic mass is 9.75. The fraction of sp³-hybridized carbons (Fsp3) is 0.786. The maximum absolute atomic E-state index is 5.10. The van der Waals surface area contributed by atoms with Gasteiger partial charge in [0.25, 0.3) is 0 Å². The van der Waals surface area contributed by atoms with Crippen LogP contribution in [-0.4, -0.2) is 34.2 Å². The van der Waals surface area contributed by atoms with Gasteiger partial charge in [0.2, 0.25) is 5.89 Å². The number of amidine groups is 1. The zero-order valence-electron chi connectivity index (χ0n) is 12.0. The van der Waals surface area contributed by atoms with Crippen LogP contribution in [0, 0.1) is 12.3 Å². The Balaban J connectivity index is 1.45. The van der Waals surface area contributed by atoms with Crippen molar-refractivity contribution in [3.63, 3.8) is 0 Å². The Kier molecular flexibility index (Phi) is 4.29. The van der Waals surface area contributed by atoms with E-state index >= 15 is 0 Å². The lowest BCUT2D eigenvalue weighted by Gasteiger charge is -2.38. The van der Waals surface area contributed by atoms with Crippen molar-refractivity contribution in [1.29, 1.82) is 0 Å². The van der Waals surface area contributed by atoms with Gasteiger partial charge in [-0.15, -0.1) is 0 Å². The second-order valence-electron chi connectivity index (χ2n) is 5.88. The van der Waals surface area contributed by atoms with E-state index in [1.165, 1.54) is 37.9 Å². The SMILES string of the molecule is Cc1noc(CCNC2=NCC3(CCCCC3)CS2)n1. The molecule has 1 saturated carbocycles. The van der Waals surface area contributed by atoms with E-state index in [1.54, 1.807) is 0 Å². The second kappa shape index (κ2) is 6.16. The third kappa shape index (κ3) is 3.34. The van der Waals surface area contributed by atoms with E-state index < -0.39 is 0 Å². The first-order valence-electron chi connectivity index (χ1n) is 7.46. The second-order valence-corrected chi connectivity index (χ2v) is 6.85. The van der Waals surface area contributed by atoms with Gasteiger partial charge in [-0.25, -0.2) is 0 Å². The van der Waals surface area contributed by atoms with E-state index in [4.69, 9.17) is 9.52 Å². The molecular formula is C14H22N4OS. The topological polar surface area (TPSA) is 63.3 Å². The Bertz CT molecular complexity index is 479. The minimum absolute atomic E-state index is 0.498. The van der Waals surface area contributed by atoms with Crippen LogP contribution in [0.2, 0.25) is 0 Å². The van der Waals surface area contributed by atoms with Gasteiger partial charge in [0.05, 0.1) is 0 Å². The number of hydrogen-bond donors (Lipinski definition) is 1. The van der Waals surface area contributed by atoms with Crippen molar-refractivity contribution in [1.82, 2.24) is 15.5 Å². The lowest BCUT2D eigenvalue weighted by Crippen LogP contribution is -2.37. The number of rotatable bonds is 3. The van der Waals surface area contributed by atoms with Gasteiger partial charge in [-0.2, -0.15) is 4.98 Å². The average Bonchev–Trinajstić information content (AvgIpc) is 2.88. The summed E-state index contributed by atoms with van der Waals surface area (Å²) in [7, 11) is 0. The molecule has 0 amide bonds. The number of nitrogens with zero attached hydrogens (tertiary/aromatic N) is 3. The van der Waals surface area contributed by atoms with Crippen molar-refractivity contribution in [2.24, 2.45) is 10.4 Å². The first kappa shape index (κ1) is 13.9. The predicted molar refractivity (Wildman–Crippen MR) is 81.0 cm³/mol. The highest BCUT2D eigenvalue weighted by molar-refractivity contribution is 8.13. The molecule has 20 heavy (non-hydrogen) atoms. The monoisotopic (exact) mass is 294 g/mol. The zero-order chi connectivity index (χ0) is 13.8. The minimum Gasteiger partial charge on any atom is -0.364 e. The fourth-order valence-electron chi connectivity index (χ4n) is 2.98. The Hall–Kier alpha value is -1.04. The van der Waals surface area contributed by atoms with E-state index in [2.05, 4.69) is 15.5 Å². The van der Waals surface area contributed by atoms with Gasteiger partial charge in [0.15, 0.2) is 11.0 Å². The zero-order valence-corrected chi connectivity index (χ0v) is 12.8. The molecule has 0 unspecified atom stereocenters. The third-order valence-electron chi connectivity index (χ3n) is 4.17. The molecule has 0 atom stereocenters. The Morgan fingerprint density at radius 3 is 2.80 bits per heavy atom. The predicted octanol–water partition coefficient (Wildman–Crippen LogP) is 2.56. The smallest absolute Gasteiger partial charge is 0.228 e. The molecule has 1 N–H and O–H groups in total. The van der Waals surface area contributed by atoms with Crippen LogP contribution >= 0.6 is 11.8 Å². The van der Waals surface area contributed by atoms with Crippen molar-refractivity contribution in [3.8, 4) is 0 Å². The first-order valence-corrected chi connectivity index (χ1v) is 8.45. The number of aryl methyl sites for hydroxylation is 1. The van der Waals surface area contributed by atoms with Gasteiger partial charge >= 0.3 is 0 Å². The van der Waals surface area contributed by atoms with Crippen LogP contribution in [0.1, 0.15) is 43.8 Å². The molecule has 1 fully saturated rings. The molecule has 0 saturated heterocycles. The summed E-state index contributed by atoms with van der Waals surface area (Å²) in [5, 5.41) is 8.26. The highest BCUT2D eigenvalue weighted by Crippen LogP contribution is 2.41. The van der Waals surface area contributed by atoms with Crippen molar-refractivity contribution in [3.05, 3.63) is 11.7 Å². The minimum atomic E-state index is 0.498. The Morgan fingerprint density at radius 1 is 1.30 bits per heavy atom. The van der Waals surface area contributed by atoms with Crippen LogP contribution in [-0.2, 0) is 6.42 Å². The van der Waals surface area contributed by atoms with Crippen molar-refractivity contribution >= 4 is 16.9 Å². The molecule has 1 aliphatic heterocycles. The molecule has 5 nitrogen and oxygen atoms in total. The van der Waals surface area contributed by atoms with Crippen LogP contribution in [0.15, 0.2) is 9.52 Å². The summed E-state index contributed by atoms with van der Waals surface area (Å²) in [4.78, 5) is 8.94. The largest absolute Gasteiger partial charge is 0.364 e. The molecule has 6 heteroatoms. The summed E-state index contributed by atoms with van der Waals surface area (Å²) in [6.45, 7) is 3.65. The lowest BCUT2D eigenvalue weighted by molar-refractivity contribution is 0.232. The summed E-state index contributed by atoms with van der Waals surface area (Å²) in [6, 6.07) is 0. The molecule has 1 aliphatic carbocycles. The number of nitrogens with one attached hydrogen (secondary N) is 1. The quantitative estimate of drug-likeness (QED) is 0.928. The summed E-state index contributed by atoms with van der Waals surface area (Å²) < 4.78 is 5.10. The summed E-state index contributed by atoms with van der Waals surface area (Å²) in [5.41, 5.74) is 0.498. The Labute approximate surface area is 124 Å². The van der Waals surface area contributed by atoms with Crippen LogP contribution in [0.25, 0.3) is 0 Å². The maximum Gasteiger partial charge on any atom is 0.228 e. The van der Waals surface area contributed by atoms with Crippen LogP contribution in [0.3, 0.4) is 0 Å². The van der Waals surface area contributed by atoms with Crippen LogP contribution in [0.4, 0.5) is 0 Å². The molecule has 110 valence electrons. The molecule has 1 aromatic heterocycles. The molecule has 1 spiro atoms. The normalized spacial score (nSPS) is 21.8. The molecular weight excluding hydrogens is 272 g/mol. The molecule has 0 bridgehead atoms. The molecule has 0 aromatic carbocycles. The third-order valence-corrected chi connectivity index (χ3v) is 5.48. The highest BCUT2D eigenvalue weighted by atomic mass is 32.2. The van der Waals surface area contributed by atoms with E-state index in [9.17, 15) is 0 Å². The van der Waals surface area contributed by atoms with Crippen LogP contribution < -0.4 is 5.32 Å². The van der Waals surface area contributed by atoms with Gasteiger partial charge in [0, 0.05) is 25.3 Å². The highest BCUT2D eigenvalue weighted by Gasteiger charge is 2.34. The fourth-order valence-corrected chi connectivity index (χ4v) is 4.16. The van der Waals surface area contributed by atoms with Crippen molar-refractivity contribution in [2.45, 2.75) is 45.4 Å². The van der Waals surface area contributed by atoms with Crippen LogP contribution in [0.5, 0.6) is 0 Å². The van der Waals surface area contributed by atoms with Gasteiger partial charge in [-0.1, -0.05) is 36.2 Å². The molecule has 2 heterocycles. The number of aromatic nitrogens is 2. The molecule has 2 aliphatic rings. The van der Waals surface area contributed by atoms with Gasteiger partial charge in [0.1, 0.15) is 0 Å². The summed E-state index contributed by atoms with van der Waals surface area (Å²) in [5.74, 6) is 2.61. The maximum atomic E-state index is 5.10. The Morgan fingerprint density at radius 2 is 2.15 bits per heavy atom. The molecule has 3 rings (SSSR count). The average molecular weight is 294 g/mol. The molecule has 1 aromatic rings. The van der Waals surface area contributed by atoms with E-state index in [-0.39, 0.29) is 0 Å². The first-order chi connectivity index (χ1) is 9.76. The van der Waals surface area contributed by atoms with Crippen molar-refractivity contribution in [2.75, 3.05) is 18.8 Å². The van der Waals surface area contributed by atoms with Gasteiger partial charge in [-0.05, 0) is 25.2 Å². The van der Waals surface area contributed by atoms with Gasteiger partial charge in [-0.3, -0.25) is 4.99 Å². The number of thioether (sulfide) groups is 1. The number of aliphatic imine (C=N–C) groups is 1.